The van der Waals surface area contributed by atoms with Crippen molar-refractivity contribution in [1.29, 1.82) is 0 Å². The minimum atomic E-state index is -1.19. The predicted octanol–water partition coefficient (Wildman–Crippen LogP) is 3.58. The highest BCUT2D eigenvalue weighted by molar-refractivity contribution is 6.01. The minimum absolute atomic E-state index is 0.00660. The van der Waals surface area contributed by atoms with Gasteiger partial charge in [0.25, 0.3) is 11.8 Å². The van der Waals surface area contributed by atoms with Gasteiger partial charge in [0, 0.05) is 51.7 Å². The third-order valence-electron chi connectivity index (χ3n) is 9.12. The van der Waals surface area contributed by atoms with E-state index in [0.717, 1.165) is 44.9 Å². The molecule has 0 radical (unpaired) electrons. The van der Waals surface area contributed by atoms with Gasteiger partial charge in [0.05, 0.1) is 19.8 Å². The van der Waals surface area contributed by atoms with Crippen molar-refractivity contribution in [2.45, 2.75) is 147 Å². The van der Waals surface area contributed by atoms with Crippen molar-refractivity contribution in [3.05, 3.63) is 0 Å². The molecule has 1 fully saturated rings. The van der Waals surface area contributed by atoms with Crippen LogP contribution in [0.25, 0.3) is 0 Å². The monoisotopic (exact) mass is 799 g/mol. The maximum absolute atomic E-state index is 12.3. The average Bonchev–Trinajstić information content (AvgIpc) is 3.46. The standard InChI is InChI=1S/C38H65N5O13/c39-38(53)42(25-26-54-27-28-55-29-36(50)56-43-33(46)21-22-34(43)47)24-16-15-23-40-31(44)20-19-30(37(51)52)41-32(45)17-13-11-9-7-5-3-1-2-4-6-8-10-12-14-18-35(48)49/h30H,1-29H2,(H2,39,53)(H,40,44)(H,41,45)(H,48,49)(H,51,52)/t30-/m0/s1. The third kappa shape index (κ3) is 26.5. The maximum atomic E-state index is 12.3. The molecule has 0 aromatic heterocycles. The van der Waals surface area contributed by atoms with Crippen molar-refractivity contribution in [3.63, 3.8) is 0 Å². The van der Waals surface area contributed by atoms with Gasteiger partial charge in [-0.05, 0) is 32.1 Å². The highest BCUT2D eigenvalue weighted by Gasteiger charge is 2.32. The van der Waals surface area contributed by atoms with Gasteiger partial charge in [-0.25, -0.2) is 14.4 Å². The van der Waals surface area contributed by atoms with E-state index in [1.54, 1.807) is 0 Å². The van der Waals surface area contributed by atoms with Gasteiger partial charge in [0.1, 0.15) is 12.6 Å². The quantitative estimate of drug-likeness (QED) is 0.0449. The van der Waals surface area contributed by atoms with Gasteiger partial charge in [-0.1, -0.05) is 77.0 Å². The Bertz CT molecular complexity index is 1200. The molecule has 1 aliphatic heterocycles. The molecule has 1 heterocycles. The molecule has 6 amide bonds. The number of hydroxylamine groups is 2. The molecule has 56 heavy (non-hydrogen) atoms. The van der Waals surface area contributed by atoms with Gasteiger partial charge >= 0.3 is 23.9 Å². The van der Waals surface area contributed by atoms with E-state index in [0.29, 0.717) is 37.4 Å². The number of ether oxygens (including phenoxy) is 2. The predicted molar refractivity (Wildman–Crippen MR) is 203 cm³/mol. The van der Waals surface area contributed by atoms with Crippen LogP contribution >= 0.6 is 0 Å². The van der Waals surface area contributed by atoms with Crippen LogP contribution in [0, 0.1) is 0 Å². The fraction of sp³-hybridized carbons (Fsp3) is 0.789. The van der Waals surface area contributed by atoms with E-state index in [4.69, 9.17) is 20.3 Å². The lowest BCUT2D eigenvalue weighted by atomic mass is 10.0. The van der Waals surface area contributed by atoms with Crippen molar-refractivity contribution in [2.24, 2.45) is 5.73 Å². The van der Waals surface area contributed by atoms with E-state index in [-0.39, 0.29) is 76.7 Å². The van der Waals surface area contributed by atoms with Gasteiger partial charge in [0.2, 0.25) is 11.8 Å². The Kier molecular flexibility index (Phi) is 28.3. The Morgan fingerprint density at radius 3 is 1.73 bits per heavy atom. The number of hydrogen-bond donors (Lipinski definition) is 5. The molecule has 0 saturated carbocycles. The van der Waals surface area contributed by atoms with E-state index in [9.17, 15) is 43.5 Å². The van der Waals surface area contributed by atoms with E-state index < -0.39 is 48.4 Å². The number of primary amides is 1. The highest BCUT2D eigenvalue weighted by Crippen LogP contribution is 2.14. The Hall–Kier alpha value is -4.32. The second-order valence-electron chi connectivity index (χ2n) is 13.9. The van der Waals surface area contributed by atoms with Crippen LogP contribution in [0.5, 0.6) is 0 Å². The topological polar surface area (TPSA) is 261 Å². The van der Waals surface area contributed by atoms with Crippen LogP contribution in [0.1, 0.15) is 141 Å². The fourth-order valence-corrected chi connectivity index (χ4v) is 5.89. The lowest BCUT2D eigenvalue weighted by Gasteiger charge is -2.20. The number of nitrogens with two attached hydrogens (primary N) is 1. The van der Waals surface area contributed by atoms with Gasteiger partial charge in [-0.15, -0.1) is 5.06 Å². The van der Waals surface area contributed by atoms with Gasteiger partial charge in [-0.2, -0.15) is 0 Å². The second-order valence-corrected chi connectivity index (χ2v) is 13.9. The number of nitrogens with one attached hydrogen (secondary N) is 2. The number of rotatable bonds is 36. The first kappa shape index (κ1) is 49.7. The number of amides is 6. The molecule has 320 valence electrons. The summed E-state index contributed by atoms with van der Waals surface area (Å²) >= 11 is 0. The first-order valence-corrected chi connectivity index (χ1v) is 20.2. The lowest BCUT2D eigenvalue weighted by molar-refractivity contribution is -0.200. The summed E-state index contributed by atoms with van der Waals surface area (Å²) in [7, 11) is 0. The van der Waals surface area contributed by atoms with Crippen LogP contribution in [0.2, 0.25) is 0 Å². The number of aliphatic carboxylic acids is 2. The lowest BCUT2D eigenvalue weighted by Crippen LogP contribution is -2.41. The largest absolute Gasteiger partial charge is 0.481 e. The van der Waals surface area contributed by atoms with Gasteiger partial charge < -0.3 is 45.8 Å². The van der Waals surface area contributed by atoms with Gasteiger partial charge in [-0.3, -0.25) is 24.0 Å². The summed E-state index contributed by atoms with van der Waals surface area (Å²) in [5.41, 5.74) is 5.44. The molecule has 1 atom stereocenters. The molecule has 1 aliphatic rings. The zero-order valence-electron chi connectivity index (χ0n) is 32.9. The molecule has 6 N–H and O–H groups in total. The van der Waals surface area contributed by atoms with Crippen LogP contribution in [-0.2, 0) is 47.9 Å². The molecular weight excluding hydrogens is 734 g/mol. The highest BCUT2D eigenvalue weighted by atomic mass is 16.7. The first-order chi connectivity index (χ1) is 26.9. The van der Waals surface area contributed by atoms with Gasteiger partial charge in [0.15, 0.2) is 0 Å². The molecule has 0 unspecified atom stereocenters. The molecular formula is C38H65N5O13. The molecule has 0 spiro atoms. The number of urea groups is 1. The molecule has 18 nitrogen and oxygen atoms in total. The summed E-state index contributed by atoms with van der Waals surface area (Å²) in [6.07, 6.45) is 16.4. The molecule has 18 heteroatoms. The van der Waals surface area contributed by atoms with Crippen molar-refractivity contribution < 1.29 is 62.9 Å². The zero-order chi connectivity index (χ0) is 41.4. The molecule has 1 saturated heterocycles. The zero-order valence-corrected chi connectivity index (χ0v) is 32.9. The fourth-order valence-electron chi connectivity index (χ4n) is 5.89. The number of carboxylic acids is 2. The number of imide groups is 1. The van der Waals surface area contributed by atoms with E-state index in [1.807, 2.05) is 0 Å². The summed E-state index contributed by atoms with van der Waals surface area (Å²) in [6, 6.07) is -1.79. The Labute approximate surface area is 329 Å². The Morgan fingerprint density at radius 2 is 1.20 bits per heavy atom. The Balaban J connectivity index is 2.04. The SMILES string of the molecule is NC(=O)N(CCCCNC(=O)CC[C@H](NC(=O)CCCCCCCCCCCCCCCCC(=O)O)C(=O)O)CCOCCOCC(=O)ON1C(=O)CCC1=O. The molecule has 0 bridgehead atoms. The normalized spacial score (nSPS) is 13.0. The van der Waals surface area contributed by atoms with Crippen LogP contribution < -0.4 is 16.4 Å². The molecule has 0 aromatic rings. The summed E-state index contributed by atoms with van der Waals surface area (Å²) in [5, 5.41) is 23.9. The smallest absolute Gasteiger partial charge is 0.358 e. The van der Waals surface area contributed by atoms with E-state index >= 15 is 0 Å². The number of nitrogens with zero attached hydrogens (tertiary/aromatic N) is 2. The van der Waals surface area contributed by atoms with Crippen LogP contribution in [0.4, 0.5) is 4.79 Å². The Morgan fingerprint density at radius 1 is 0.661 bits per heavy atom. The van der Waals surface area contributed by atoms with Crippen LogP contribution in [0.15, 0.2) is 0 Å². The maximum Gasteiger partial charge on any atom is 0.358 e. The van der Waals surface area contributed by atoms with Crippen LogP contribution in [0.3, 0.4) is 0 Å². The van der Waals surface area contributed by atoms with E-state index in [2.05, 4.69) is 15.5 Å². The van der Waals surface area contributed by atoms with Crippen molar-refractivity contribution in [2.75, 3.05) is 46.1 Å². The number of carboxylic acid groups (broad SMARTS) is 2. The second kappa shape index (κ2) is 31.8. The average molecular weight is 800 g/mol. The number of carbonyl (C=O) groups is 8. The minimum Gasteiger partial charge on any atom is -0.481 e. The van der Waals surface area contributed by atoms with Crippen molar-refractivity contribution in [3.8, 4) is 0 Å². The first-order valence-electron chi connectivity index (χ1n) is 20.2. The molecule has 1 rings (SSSR count). The number of carbonyl (C=O) groups excluding carboxylic acids is 6. The number of hydrogen-bond acceptors (Lipinski definition) is 11. The molecule has 0 aliphatic carbocycles. The number of unbranched alkanes of at least 4 members (excludes halogenated alkanes) is 14. The van der Waals surface area contributed by atoms with Crippen LogP contribution in [-0.4, -0.2) is 120 Å². The van der Waals surface area contributed by atoms with E-state index in [1.165, 1.54) is 43.4 Å². The van der Waals surface area contributed by atoms with Crippen molar-refractivity contribution in [1.82, 2.24) is 20.6 Å². The summed E-state index contributed by atoms with van der Waals surface area (Å²) < 4.78 is 10.5. The summed E-state index contributed by atoms with van der Waals surface area (Å²) in [4.78, 5) is 99.3. The molecule has 0 aromatic carbocycles. The third-order valence-corrected chi connectivity index (χ3v) is 9.12. The van der Waals surface area contributed by atoms with Crippen molar-refractivity contribution >= 4 is 47.6 Å². The summed E-state index contributed by atoms with van der Waals surface area (Å²) in [5.74, 6) is -4.66. The summed E-state index contributed by atoms with van der Waals surface area (Å²) in [6.45, 7) is 0.631.